The number of nitro groups is 1. The van der Waals surface area contributed by atoms with E-state index < -0.39 is 4.92 Å². The van der Waals surface area contributed by atoms with Gasteiger partial charge in [-0.15, -0.1) is 0 Å². The summed E-state index contributed by atoms with van der Waals surface area (Å²) in [4.78, 5) is 14.1. The van der Waals surface area contributed by atoms with Crippen LogP contribution < -0.4 is 10.1 Å². The van der Waals surface area contributed by atoms with Crippen molar-refractivity contribution < 1.29 is 9.66 Å². The van der Waals surface area contributed by atoms with E-state index in [1.165, 1.54) is 12.3 Å². The molecule has 1 aromatic heterocycles. The lowest BCUT2D eigenvalue weighted by atomic mass is 10.1. The van der Waals surface area contributed by atoms with Crippen molar-refractivity contribution in [2.24, 2.45) is 0 Å². The van der Waals surface area contributed by atoms with Crippen LogP contribution in [-0.2, 0) is 0 Å². The first kappa shape index (κ1) is 13.8. The van der Waals surface area contributed by atoms with Crippen molar-refractivity contribution in [3.63, 3.8) is 0 Å². The van der Waals surface area contributed by atoms with E-state index in [1.54, 1.807) is 13.2 Å². The molecule has 6 heteroatoms. The Balaban J connectivity index is 2.14. The number of anilines is 1. The molecule has 0 saturated carbocycles. The molecule has 0 fully saturated rings. The van der Waals surface area contributed by atoms with Crippen LogP contribution in [0.25, 0.3) is 0 Å². The van der Waals surface area contributed by atoms with Crippen LogP contribution in [0.15, 0.2) is 42.6 Å². The number of hydrogen-bond acceptors (Lipinski definition) is 5. The first-order valence-electron chi connectivity index (χ1n) is 6.11. The molecule has 2 rings (SSSR count). The number of ether oxygens (including phenoxy) is 1. The van der Waals surface area contributed by atoms with Gasteiger partial charge in [-0.2, -0.15) is 0 Å². The summed E-state index contributed by atoms with van der Waals surface area (Å²) in [5.74, 6) is 1.36. The highest BCUT2D eigenvalue weighted by molar-refractivity contribution is 5.45. The number of methoxy groups -OCH3 is 1. The zero-order valence-electron chi connectivity index (χ0n) is 11.2. The minimum absolute atomic E-state index is 0.0273. The van der Waals surface area contributed by atoms with E-state index in [9.17, 15) is 10.1 Å². The largest absolute Gasteiger partial charge is 0.496 e. The molecule has 0 radical (unpaired) electrons. The SMILES string of the molecule is COc1ccccc1[C@H](C)Nc1ccc([N+](=O)[O-])cn1. The molecule has 0 saturated heterocycles. The summed E-state index contributed by atoms with van der Waals surface area (Å²) in [5.41, 5.74) is 0.968. The van der Waals surface area contributed by atoms with Crippen LogP contribution in [0.2, 0.25) is 0 Å². The van der Waals surface area contributed by atoms with Crippen LogP contribution in [0.3, 0.4) is 0 Å². The van der Waals surface area contributed by atoms with Gasteiger partial charge in [0.05, 0.1) is 18.1 Å². The van der Waals surface area contributed by atoms with Gasteiger partial charge < -0.3 is 10.1 Å². The maximum atomic E-state index is 10.6. The molecule has 0 aliphatic rings. The Bertz CT molecular complexity index is 599. The van der Waals surface area contributed by atoms with Gasteiger partial charge in [0.25, 0.3) is 5.69 Å². The Labute approximate surface area is 116 Å². The molecule has 2 aromatic rings. The Kier molecular flexibility index (Phi) is 4.14. The van der Waals surface area contributed by atoms with Crippen LogP contribution in [-0.4, -0.2) is 17.0 Å². The molecule has 0 unspecified atom stereocenters. The molecular weight excluding hydrogens is 258 g/mol. The zero-order chi connectivity index (χ0) is 14.5. The molecule has 104 valence electrons. The van der Waals surface area contributed by atoms with E-state index in [4.69, 9.17) is 4.74 Å². The number of rotatable bonds is 5. The van der Waals surface area contributed by atoms with E-state index in [-0.39, 0.29) is 11.7 Å². The average molecular weight is 273 g/mol. The number of nitrogens with zero attached hydrogens (tertiary/aromatic N) is 2. The number of aromatic nitrogens is 1. The minimum atomic E-state index is -0.472. The molecular formula is C14H15N3O3. The molecule has 0 spiro atoms. The van der Waals surface area contributed by atoms with Gasteiger partial charge in [0.15, 0.2) is 0 Å². The highest BCUT2D eigenvalue weighted by Crippen LogP contribution is 2.27. The lowest BCUT2D eigenvalue weighted by Crippen LogP contribution is -2.09. The summed E-state index contributed by atoms with van der Waals surface area (Å²) in [6.45, 7) is 1.97. The third-order valence-electron chi connectivity index (χ3n) is 2.93. The van der Waals surface area contributed by atoms with Crippen molar-refractivity contribution in [1.29, 1.82) is 0 Å². The third-order valence-corrected chi connectivity index (χ3v) is 2.93. The van der Waals surface area contributed by atoms with E-state index in [2.05, 4.69) is 10.3 Å². The molecule has 0 aliphatic heterocycles. The smallest absolute Gasteiger partial charge is 0.287 e. The van der Waals surface area contributed by atoms with Gasteiger partial charge in [-0.3, -0.25) is 10.1 Å². The van der Waals surface area contributed by atoms with E-state index in [0.29, 0.717) is 5.82 Å². The van der Waals surface area contributed by atoms with Crippen LogP contribution in [0.1, 0.15) is 18.5 Å². The van der Waals surface area contributed by atoms with Gasteiger partial charge in [0.2, 0.25) is 0 Å². The third kappa shape index (κ3) is 3.03. The molecule has 0 bridgehead atoms. The summed E-state index contributed by atoms with van der Waals surface area (Å²) in [7, 11) is 1.62. The number of pyridine rings is 1. The number of para-hydroxylation sites is 1. The highest BCUT2D eigenvalue weighted by Gasteiger charge is 2.12. The maximum Gasteiger partial charge on any atom is 0.287 e. The number of nitrogens with one attached hydrogen (secondary N) is 1. The van der Waals surface area contributed by atoms with E-state index >= 15 is 0 Å². The Morgan fingerprint density at radius 2 is 2.05 bits per heavy atom. The van der Waals surface area contributed by atoms with Crippen molar-refractivity contribution in [2.45, 2.75) is 13.0 Å². The molecule has 1 atom stereocenters. The number of benzene rings is 1. The average Bonchev–Trinajstić information content (AvgIpc) is 2.47. The predicted octanol–water partition coefficient (Wildman–Crippen LogP) is 3.17. The second-order valence-electron chi connectivity index (χ2n) is 4.27. The Hall–Kier alpha value is -2.63. The van der Waals surface area contributed by atoms with Crippen LogP contribution >= 0.6 is 0 Å². The molecule has 1 N–H and O–H groups in total. The lowest BCUT2D eigenvalue weighted by Gasteiger charge is -2.17. The monoisotopic (exact) mass is 273 g/mol. The van der Waals surface area contributed by atoms with E-state index in [1.807, 2.05) is 31.2 Å². The summed E-state index contributed by atoms with van der Waals surface area (Å²) >= 11 is 0. The summed E-state index contributed by atoms with van der Waals surface area (Å²) in [6, 6.07) is 10.7. The molecule has 6 nitrogen and oxygen atoms in total. The highest BCUT2D eigenvalue weighted by atomic mass is 16.6. The first-order chi connectivity index (χ1) is 9.61. The van der Waals surface area contributed by atoms with Gasteiger partial charge in [0, 0.05) is 11.6 Å². The standard InChI is InChI=1S/C14H15N3O3/c1-10(12-5-3-4-6-13(12)20-2)16-14-8-7-11(9-15-14)17(18)19/h3-10H,1-2H3,(H,15,16)/t10-/m0/s1. The van der Waals surface area contributed by atoms with Crippen molar-refractivity contribution >= 4 is 11.5 Å². The van der Waals surface area contributed by atoms with Crippen LogP contribution in [0.5, 0.6) is 5.75 Å². The van der Waals surface area contributed by atoms with Crippen molar-refractivity contribution in [1.82, 2.24) is 4.98 Å². The zero-order valence-corrected chi connectivity index (χ0v) is 11.2. The van der Waals surface area contributed by atoms with Crippen molar-refractivity contribution in [3.05, 3.63) is 58.3 Å². The van der Waals surface area contributed by atoms with Gasteiger partial charge in [-0.25, -0.2) is 4.98 Å². The lowest BCUT2D eigenvalue weighted by molar-refractivity contribution is -0.385. The van der Waals surface area contributed by atoms with Gasteiger partial charge in [-0.1, -0.05) is 18.2 Å². The topological polar surface area (TPSA) is 77.3 Å². The summed E-state index contributed by atoms with van der Waals surface area (Å²) < 4.78 is 5.31. The fraction of sp³-hybridized carbons (Fsp3) is 0.214. The van der Waals surface area contributed by atoms with Gasteiger partial charge >= 0.3 is 0 Å². The minimum Gasteiger partial charge on any atom is -0.496 e. The summed E-state index contributed by atoms with van der Waals surface area (Å²) in [5, 5.41) is 13.8. The van der Waals surface area contributed by atoms with E-state index in [0.717, 1.165) is 11.3 Å². The van der Waals surface area contributed by atoms with Crippen LogP contribution in [0, 0.1) is 10.1 Å². The second kappa shape index (κ2) is 6.01. The molecule has 20 heavy (non-hydrogen) atoms. The van der Waals surface area contributed by atoms with Crippen molar-refractivity contribution in [2.75, 3.05) is 12.4 Å². The quantitative estimate of drug-likeness (QED) is 0.668. The summed E-state index contributed by atoms with van der Waals surface area (Å²) in [6.07, 6.45) is 1.23. The molecule has 0 aliphatic carbocycles. The number of hydrogen-bond donors (Lipinski definition) is 1. The fourth-order valence-corrected chi connectivity index (χ4v) is 1.90. The predicted molar refractivity (Wildman–Crippen MR) is 75.9 cm³/mol. The molecule has 0 amide bonds. The van der Waals surface area contributed by atoms with Crippen molar-refractivity contribution in [3.8, 4) is 5.75 Å². The first-order valence-corrected chi connectivity index (χ1v) is 6.11. The Morgan fingerprint density at radius 1 is 1.30 bits per heavy atom. The Morgan fingerprint density at radius 3 is 2.65 bits per heavy atom. The van der Waals surface area contributed by atoms with Gasteiger partial charge in [-0.05, 0) is 19.1 Å². The molecule has 1 aromatic carbocycles. The second-order valence-corrected chi connectivity index (χ2v) is 4.27. The van der Waals surface area contributed by atoms with Crippen LogP contribution in [0.4, 0.5) is 11.5 Å². The molecule has 1 heterocycles. The fourth-order valence-electron chi connectivity index (χ4n) is 1.90. The normalized spacial score (nSPS) is 11.7. The van der Waals surface area contributed by atoms with Gasteiger partial charge in [0.1, 0.15) is 17.8 Å². The maximum absolute atomic E-state index is 10.6.